The van der Waals surface area contributed by atoms with Gasteiger partial charge in [-0.1, -0.05) is 18.2 Å². The number of hydrogen-bond donors (Lipinski definition) is 1. The van der Waals surface area contributed by atoms with Crippen LogP contribution in [-0.2, 0) is 4.74 Å². The zero-order chi connectivity index (χ0) is 9.80. The summed E-state index contributed by atoms with van der Waals surface area (Å²) in [6, 6.07) is 9.14. The summed E-state index contributed by atoms with van der Waals surface area (Å²) >= 11 is 0. The summed E-state index contributed by atoms with van der Waals surface area (Å²) in [5, 5.41) is 2.17. The van der Waals surface area contributed by atoms with Crippen molar-refractivity contribution < 1.29 is 27.3 Å². The van der Waals surface area contributed by atoms with Crippen molar-refractivity contribution in [2.24, 2.45) is 0 Å². The standard InChI is InChI=1S/C11H13NO2.ClH/c13-11(9-4-2-1-3-5-9)14-10-6-7-12-8-10;/h1-5,10,12H,6-8H2;1H/t10-;/m0./s1. The van der Waals surface area contributed by atoms with E-state index >= 15 is 0 Å². The lowest BCUT2D eigenvalue weighted by Gasteiger charge is -2.08. The van der Waals surface area contributed by atoms with Crippen LogP contribution in [0.4, 0.5) is 0 Å². The molecule has 0 saturated carbocycles. The van der Waals surface area contributed by atoms with E-state index in [1.54, 1.807) is 12.1 Å². The van der Waals surface area contributed by atoms with Crippen LogP contribution in [0.25, 0.3) is 0 Å². The number of quaternary nitrogens is 1. The minimum absolute atomic E-state index is 0. The molecule has 1 aliphatic heterocycles. The molecule has 0 bridgehead atoms. The molecule has 0 aromatic heterocycles. The van der Waals surface area contributed by atoms with Crippen molar-refractivity contribution in [1.29, 1.82) is 0 Å². The summed E-state index contributed by atoms with van der Waals surface area (Å²) in [6.45, 7) is 1.96. The van der Waals surface area contributed by atoms with Gasteiger partial charge in [-0.25, -0.2) is 4.79 Å². The van der Waals surface area contributed by atoms with Crippen LogP contribution in [0.3, 0.4) is 0 Å². The molecule has 1 saturated heterocycles. The first kappa shape index (κ1) is 12.0. The number of nitrogens with two attached hydrogens (primary N) is 1. The smallest absolute Gasteiger partial charge is 0.338 e. The summed E-state index contributed by atoms with van der Waals surface area (Å²) in [7, 11) is 0. The normalized spacial score (nSPS) is 19.3. The highest BCUT2D eigenvalue weighted by molar-refractivity contribution is 5.89. The molecule has 3 nitrogen and oxygen atoms in total. The summed E-state index contributed by atoms with van der Waals surface area (Å²) in [6.07, 6.45) is 1.07. The van der Waals surface area contributed by atoms with Crippen molar-refractivity contribution >= 4 is 5.97 Å². The van der Waals surface area contributed by atoms with E-state index in [9.17, 15) is 4.79 Å². The van der Waals surface area contributed by atoms with Crippen LogP contribution in [0.5, 0.6) is 0 Å². The van der Waals surface area contributed by atoms with Crippen molar-refractivity contribution in [2.75, 3.05) is 13.1 Å². The zero-order valence-corrected chi connectivity index (χ0v) is 9.11. The van der Waals surface area contributed by atoms with Gasteiger partial charge in [-0.15, -0.1) is 0 Å². The third-order valence-corrected chi connectivity index (χ3v) is 2.41. The molecule has 0 aliphatic carbocycles. The number of carbonyl (C=O) groups is 1. The summed E-state index contributed by atoms with van der Waals surface area (Å²) in [5.74, 6) is -0.203. The molecular weight excluding hydrogens is 214 g/mol. The van der Waals surface area contributed by atoms with Gasteiger partial charge in [0.05, 0.1) is 12.1 Å². The van der Waals surface area contributed by atoms with E-state index < -0.39 is 0 Å². The van der Waals surface area contributed by atoms with Crippen LogP contribution in [0, 0.1) is 0 Å². The van der Waals surface area contributed by atoms with Crippen LogP contribution in [-0.4, -0.2) is 25.2 Å². The molecule has 0 radical (unpaired) electrons. The first-order valence-electron chi connectivity index (χ1n) is 4.94. The van der Waals surface area contributed by atoms with E-state index in [1.807, 2.05) is 18.2 Å². The predicted molar refractivity (Wildman–Crippen MR) is 51.9 cm³/mol. The second kappa shape index (κ2) is 5.73. The van der Waals surface area contributed by atoms with Crippen LogP contribution in [0.2, 0.25) is 0 Å². The van der Waals surface area contributed by atoms with E-state index in [1.165, 1.54) is 0 Å². The van der Waals surface area contributed by atoms with E-state index in [0.29, 0.717) is 5.56 Å². The van der Waals surface area contributed by atoms with Gasteiger partial charge >= 0.3 is 5.97 Å². The molecule has 1 fully saturated rings. The number of rotatable bonds is 2. The number of benzene rings is 1. The Bertz CT molecular complexity index is 310. The molecule has 1 heterocycles. The van der Waals surface area contributed by atoms with E-state index in [4.69, 9.17) is 4.74 Å². The maximum atomic E-state index is 11.6. The highest BCUT2D eigenvalue weighted by Crippen LogP contribution is 2.06. The Balaban J connectivity index is 0.00000112. The summed E-state index contributed by atoms with van der Waals surface area (Å²) in [4.78, 5) is 11.6. The van der Waals surface area contributed by atoms with Crippen LogP contribution < -0.4 is 17.7 Å². The lowest BCUT2D eigenvalue weighted by Crippen LogP contribution is -3.00. The largest absolute Gasteiger partial charge is 1.00 e. The van der Waals surface area contributed by atoms with Crippen molar-refractivity contribution in [3.8, 4) is 0 Å². The van der Waals surface area contributed by atoms with Gasteiger partial charge in [-0.05, 0) is 12.1 Å². The van der Waals surface area contributed by atoms with E-state index in [2.05, 4.69) is 5.32 Å². The minimum atomic E-state index is -0.203. The fourth-order valence-electron chi connectivity index (χ4n) is 1.63. The molecule has 0 spiro atoms. The molecule has 4 heteroatoms. The highest BCUT2D eigenvalue weighted by Gasteiger charge is 2.22. The zero-order valence-electron chi connectivity index (χ0n) is 8.36. The van der Waals surface area contributed by atoms with Crippen molar-refractivity contribution in [3.63, 3.8) is 0 Å². The molecule has 2 N–H and O–H groups in total. The van der Waals surface area contributed by atoms with E-state index in [0.717, 1.165) is 19.5 Å². The Morgan fingerprint density at radius 2 is 2.07 bits per heavy atom. The molecule has 0 unspecified atom stereocenters. The lowest BCUT2D eigenvalue weighted by molar-refractivity contribution is -0.638. The molecule has 1 atom stereocenters. The number of halogens is 1. The third kappa shape index (κ3) is 3.22. The first-order valence-corrected chi connectivity index (χ1v) is 4.94. The van der Waals surface area contributed by atoms with Crippen molar-refractivity contribution in [3.05, 3.63) is 35.9 Å². The van der Waals surface area contributed by atoms with Gasteiger partial charge in [0.2, 0.25) is 0 Å². The average Bonchev–Trinajstić information content (AvgIpc) is 2.72. The van der Waals surface area contributed by atoms with Crippen molar-refractivity contribution in [1.82, 2.24) is 0 Å². The number of ether oxygens (including phenoxy) is 1. The van der Waals surface area contributed by atoms with Crippen LogP contribution >= 0.6 is 0 Å². The van der Waals surface area contributed by atoms with Crippen LogP contribution in [0.15, 0.2) is 30.3 Å². The maximum absolute atomic E-state index is 11.6. The summed E-state index contributed by atoms with van der Waals surface area (Å²) in [5.41, 5.74) is 0.638. The SMILES string of the molecule is O=C(O[C@H]1CC[NH2+]C1)c1ccccc1.[Cl-]. The number of hydrogen-bond acceptors (Lipinski definition) is 2. The van der Waals surface area contributed by atoms with Crippen molar-refractivity contribution in [2.45, 2.75) is 12.5 Å². The molecule has 15 heavy (non-hydrogen) atoms. The first-order chi connectivity index (χ1) is 6.86. The summed E-state index contributed by atoms with van der Waals surface area (Å²) < 4.78 is 5.33. The van der Waals surface area contributed by atoms with Gasteiger partial charge in [-0.2, -0.15) is 0 Å². The molecule has 1 aromatic carbocycles. The molecule has 2 rings (SSSR count). The molecule has 1 aliphatic rings. The second-order valence-electron chi connectivity index (χ2n) is 3.50. The fourth-order valence-corrected chi connectivity index (χ4v) is 1.63. The molecular formula is C11H14ClNO2. The van der Waals surface area contributed by atoms with Gasteiger partial charge in [0.1, 0.15) is 6.54 Å². The highest BCUT2D eigenvalue weighted by atomic mass is 35.5. The maximum Gasteiger partial charge on any atom is 0.338 e. The van der Waals surface area contributed by atoms with E-state index in [-0.39, 0.29) is 24.5 Å². The third-order valence-electron chi connectivity index (χ3n) is 2.41. The second-order valence-corrected chi connectivity index (χ2v) is 3.50. The van der Waals surface area contributed by atoms with Gasteiger partial charge in [0.15, 0.2) is 6.10 Å². The Hall–Kier alpha value is -1.06. The Morgan fingerprint density at radius 1 is 1.33 bits per heavy atom. The van der Waals surface area contributed by atoms with Gasteiger partial charge in [0.25, 0.3) is 0 Å². The Morgan fingerprint density at radius 3 is 2.67 bits per heavy atom. The molecule has 1 aromatic rings. The van der Waals surface area contributed by atoms with Gasteiger partial charge in [-0.3, -0.25) is 0 Å². The Labute approximate surface area is 95.2 Å². The lowest BCUT2D eigenvalue weighted by atomic mass is 10.2. The number of carbonyl (C=O) groups excluding carboxylic acids is 1. The van der Waals surface area contributed by atoms with Crippen LogP contribution in [0.1, 0.15) is 16.8 Å². The number of esters is 1. The average molecular weight is 228 g/mol. The van der Waals surface area contributed by atoms with Gasteiger partial charge in [0, 0.05) is 6.42 Å². The molecule has 82 valence electrons. The topological polar surface area (TPSA) is 42.9 Å². The van der Waals surface area contributed by atoms with Gasteiger partial charge < -0.3 is 22.5 Å². The molecule has 0 amide bonds. The fraction of sp³-hybridized carbons (Fsp3) is 0.364. The minimum Gasteiger partial charge on any atom is -1.00 e. The predicted octanol–water partition coefficient (Wildman–Crippen LogP) is -2.82. The monoisotopic (exact) mass is 227 g/mol. The quantitative estimate of drug-likeness (QED) is 0.554. The Kier molecular flexibility index (Phi) is 4.59.